The highest BCUT2D eigenvalue weighted by Gasteiger charge is 2.13. The van der Waals surface area contributed by atoms with Crippen molar-refractivity contribution in [2.75, 3.05) is 13.1 Å². The lowest BCUT2D eigenvalue weighted by atomic mass is 10.3. The zero-order chi connectivity index (χ0) is 8.39. The zero-order valence-electron chi connectivity index (χ0n) is 7.55. The van der Waals surface area contributed by atoms with Gasteiger partial charge in [0, 0.05) is 0 Å². The van der Waals surface area contributed by atoms with Crippen LogP contribution in [0.25, 0.3) is 0 Å². The van der Waals surface area contributed by atoms with Crippen molar-refractivity contribution in [3.63, 3.8) is 0 Å². The molecule has 12 heavy (non-hydrogen) atoms. The van der Waals surface area contributed by atoms with Crippen molar-refractivity contribution in [2.45, 2.75) is 26.3 Å². The van der Waals surface area contributed by atoms with E-state index in [9.17, 15) is 0 Å². The highest BCUT2D eigenvalue weighted by molar-refractivity contribution is 5.14. The summed E-state index contributed by atoms with van der Waals surface area (Å²) >= 11 is 0. The molecule has 2 heterocycles. The fourth-order valence-electron chi connectivity index (χ4n) is 1.71. The molecule has 0 unspecified atom stereocenters. The van der Waals surface area contributed by atoms with Crippen LogP contribution < -0.4 is 0 Å². The Morgan fingerprint density at radius 1 is 1.42 bits per heavy atom. The maximum absolute atomic E-state index is 5.38. The Balaban J connectivity index is 1.98. The van der Waals surface area contributed by atoms with Gasteiger partial charge in [-0.15, -0.1) is 0 Å². The number of likely N-dealkylation sites (tertiary alicyclic amines) is 1. The smallest absolute Gasteiger partial charge is 0.120 e. The van der Waals surface area contributed by atoms with Crippen molar-refractivity contribution in [3.8, 4) is 0 Å². The van der Waals surface area contributed by atoms with Crippen LogP contribution in [0, 0.1) is 6.92 Å². The number of hydrogen-bond donors (Lipinski definition) is 0. The first kappa shape index (κ1) is 7.87. The lowest BCUT2D eigenvalue weighted by molar-refractivity contribution is 0.296. The number of hydrogen-bond acceptors (Lipinski definition) is 2. The number of furan rings is 1. The van der Waals surface area contributed by atoms with Crippen LogP contribution >= 0.6 is 0 Å². The van der Waals surface area contributed by atoms with E-state index < -0.39 is 0 Å². The lowest BCUT2D eigenvalue weighted by Gasteiger charge is -2.12. The van der Waals surface area contributed by atoms with Gasteiger partial charge < -0.3 is 4.42 Å². The van der Waals surface area contributed by atoms with Crippen molar-refractivity contribution in [1.82, 2.24) is 4.90 Å². The molecular weight excluding hydrogens is 150 g/mol. The van der Waals surface area contributed by atoms with Crippen LogP contribution in [0.4, 0.5) is 0 Å². The molecular formula is C10H15NO. The van der Waals surface area contributed by atoms with Gasteiger partial charge in [0.05, 0.1) is 12.8 Å². The molecule has 1 aromatic heterocycles. The normalized spacial score (nSPS) is 18.8. The Kier molecular flexibility index (Phi) is 2.17. The quantitative estimate of drug-likeness (QED) is 0.668. The molecule has 0 aromatic carbocycles. The zero-order valence-corrected chi connectivity index (χ0v) is 7.55. The highest BCUT2D eigenvalue weighted by Crippen LogP contribution is 2.15. The van der Waals surface area contributed by atoms with E-state index in [0.717, 1.165) is 12.3 Å². The van der Waals surface area contributed by atoms with E-state index in [0.29, 0.717) is 0 Å². The van der Waals surface area contributed by atoms with Crippen molar-refractivity contribution in [3.05, 3.63) is 23.7 Å². The van der Waals surface area contributed by atoms with Gasteiger partial charge in [0.2, 0.25) is 0 Å². The van der Waals surface area contributed by atoms with Gasteiger partial charge >= 0.3 is 0 Å². The lowest BCUT2D eigenvalue weighted by Crippen LogP contribution is -2.18. The van der Waals surface area contributed by atoms with Crippen LogP contribution in [0.3, 0.4) is 0 Å². The average Bonchev–Trinajstić information content (AvgIpc) is 2.65. The molecule has 0 spiro atoms. The largest absolute Gasteiger partial charge is 0.468 e. The van der Waals surface area contributed by atoms with Gasteiger partial charge in [-0.1, -0.05) is 0 Å². The summed E-state index contributed by atoms with van der Waals surface area (Å²) < 4.78 is 5.38. The summed E-state index contributed by atoms with van der Waals surface area (Å²) in [4.78, 5) is 2.45. The van der Waals surface area contributed by atoms with Gasteiger partial charge in [-0.2, -0.15) is 0 Å². The fraction of sp³-hybridized carbons (Fsp3) is 0.600. The molecule has 66 valence electrons. The van der Waals surface area contributed by atoms with Crippen molar-refractivity contribution < 1.29 is 4.42 Å². The van der Waals surface area contributed by atoms with Gasteiger partial charge in [0.1, 0.15) is 5.76 Å². The molecule has 2 heteroatoms. The first-order chi connectivity index (χ1) is 5.86. The van der Waals surface area contributed by atoms with Crippen molar-refractivity contribution >= 4 is 0 Å². The molecule has 0 N–H and O–H groups in total. The Bertz CT molecular complexity index is 248. The summed E-state index contributed by atoms with van der Waals surface area (Å²) in [5, 5.41) is 0. The molecule has 0 atom stereocenters. The third-order valence-corrected chi connectivity index (χ3v) is 2.53. The van der Waals surface area contributed by atoms with Crippen LogP contribution in [0.2, 0.25) is 0 Å². The number of nitrogens with zero attached hydrogens (tertiary/aromatic N) is 1. The van der Waals surface area contributed by atoms with E-state index in [1.807, 2.05) is 6.07 Å². The minimum Gasteiger partial charge on any atom is -0.468 e. The van der Waals surface area contributed by atoms with E-state index in [-0.39, 0.29) is 0 Å². The molecule has 1 aromatic rings. The summed E-state index contributed by atoms with van der Waals surface area (Å²) in [6, 6.07) is 2.03. The van der Waals surface area contributed by atoms with E-state index in [2.05, 4.69) is 11.8 Å². The SMILES string of the molecule is Cc1ccoc1CN1CCCC1. The Hall–Kier alpha value is -0.760. The van der Waals surface area contributed by atoms with Crippen LogP contribution in [-0.2, 0) is 6.54 Å². The predicted molar refractivity (Wildman–Crippen MR) is 48.0 cm³/mol. The van der Waals surface area contributed by atoms with E-state index >= 15 is 0 Å². The van der Waals surface area contributed by atoms with Crippen molar-refractivity contribution in [2.24, 2.45) is 0 Å². The monoisotopic (exact) mass is 165 g/mol. The van der Waals surface area contributed by atoms with Crippen LogP contribution in [0.15, 0.2) is 16.7 Å². The summed E-state index contributed by atoms with van der Waals surface area (Å²) in [5.74, 6) is 1.14. The second kappa shape index (κ2) is 3.31. The summed E-state index contributed by atoms with van der Waals surface area (Å²) in [7, 11) is 0. The van der Waals surface area contributed by atoms with Crippen LogP contribution in [0.1, 0.15) is 24.2 Å². The number of rotatable bonds is 2. The molecule has 0 amide bonds. The average molecular weight is 165 g/mol. The molecule has 0 aliphatic carbocycles. The Morgan fingerprint density at radius 3 is 2.75 bits per heavy atom. The van der Waals surface area contributed by atoms with Gasteiger partial charge in [0.25, 0.3) is 0 Å². The summed E-state index contributed by atoms with van der Waals surface area (Å²) in [6.07, 6.45) is 4.47. The molecule has 0 bridgehead atoms. The molecule has 0 radical (unpaired) electrons. The summed E-state index contributed by atoms with van der Waals surface area (Å²) in [5.41, 5.74) is 1.28. The van der Waals surface area contributed by atoms with E-state index in [1.54, 1.807) is 6.26 Å². The van der Waals surface area contributed by atoms with Gasteiger partial charge in [-0.05, 0) is 44.5 Å². The third-order valence-electron chi connectivity index (χ3n) is 2.53. The van der Waals surface area contributed by atoms with Gasteiger partial charge in [0.15, 0.2) is 0 Å². The highest BCUT2D eigenvalue weighted by atomic mass is 16.3. The van der Waals surface area contributed by atoms with Gasteiger partial charge in [-0.3, -0.25) is 4.90 Å². The third kappa shape index (κ3) is 1.53. The second-order valence-corrected chi connectivity index (χ2v) is 3.51. The first-order valence-electron chi connectivity index (χ1n) is 4.61. The summed E-state index contributed by atoms with van der Waals surface area (Å²) in [6.45, 7) is 5.58. The maximum Gasteiger partial charge on any atom is 0.120 e. The Morgan fingerprint density at radius 2 is 2.17 bits per heavy atom. The fourth-order valence-corrected chi connectivity index (χ4v) is 1.71. The molecule has 1 aliphatic heterocycles. The molecule has 0 saturated carbocycles. The molecule has 1 saturated heterocycles. The molecule has 2 nitrogen and oxygen atoms in total. The molecule has 1 aliphatic rings. The minimum atomic E-state index is 0.999. The number of aryl methyl sites for hydroxylation is 1. The second-order valence-electron chi connectivity index (χ2n) is 3.51. The van der Waals surface area contributed by atoms with Crippen LogP contribution in [0.5, 0.6) is 0 Å². The van der Waals surface area contributed by atoms with E-state index in [4.69, 9.17) is 4.42 Å². The van der Waals surface area contributed by atoms with Crippen molar-refractivity contribution in [1.29, 1.82) is 0 Å². The molecule has 1 fully saturated rings. The maximum atomic E-state index is 5.38. The topological polar surface area (TPSA) is 16.4 Å². The van der Waals surface area contributed by atoms with E-state index in [1.165, 1.54) is 31.5 Å². The first-order valence-corrected chi connectivity index (χ1v) is 4.61. The Labute approximate surface area is 73.2 Å². The standard InChI is InChI=1S/C10H15NO/c1-9-4-7-12-10(9)8-11-5-2-3-6-11/h4,7H,2-3,5-6,8H2,1H3. The predicted octanol–water partition coefficient (Wildman–Crippen LogP) is 2.18. The molecule has 2 rings (SSSR count). The van der Waals surface area contributed by atoms with Crippen LogP contribution in [-0.4, -0.2) is 18.0 Å². The van der Waals surface area contributed by atoms with Gasteiger partial charge in [-0.25, -0.2) is 0 Å². The minimum absolute atomic E-state index is 0.999.